The molecule has 12 atom stereocenters. The van der Waals surface area contributed by atoms with Gasteiger partial charge in [-0.1, -0.05) is 87.0 Å². The number of Topliss-reactive ketones (excluding diaryl/α,β-unsaturated/α-hetero) is 1. The minimum absolute atomic E-state index is 0.0273. The van der Waals surface area contributed by atoms with E-state index in [0.717, 1.165) is 6.92 Å². The van der Waals surface area contributed by atoms with Gasteiger partial charge in [-0.05, 0) is 95.0 Å². The summed E-state index contributed by atoms with van der Waals surface area (Å²) in [4.78, 5) is 102. The van der Waals surface area contributed by atoms with Crippen molar-refractivity contribution in [2.45, 2.75) is 159 Å². The minimum Gasteiger partial charge on any atom is -0.461 e. The Hall–Kier alpha value is -5.92. The van der Waals surface area contributed by atoms with E-state index in [1.165, 1.54) is 26.0 Å². The number of carbonyl (C=O) groups excluding carboxylic acids is 7. The summed E-state index contributed by atoms with van der Waals surface area (Å²) in [6.07, 6.45) is -6.38. The topological polar surface area (TPSA) is 242 Å². The molecule has 3 aliphatic carbocycles. The van der Waals surface area contributed by atoms with E-state index in [9.17, 15) is 29.1 Å². The van der Waals surface area contributed by atoms with Crippen LogP contribution in [0.3, 0.4) is 0 Å². The summed E-state index contributed by atoms with van der Waals surface area (Å²) >= 11 is -0.984. The van der Waals surface area contributed by atoms with E-state index in [-0.39, 0.29) is 36.2 Å². The molecule has 3 aromatic carbocycles. The molecule has 3 aromatic rings. The summed E-state index contributed by atoms with van der Waals surface area (Å²) in [6, 6.07) is 24.1. The van der Waals surface area contributed by atoms with Gasteiger partial charge < -0.3 is 44.6 Å². The summed E-state index contributed by atoms with van der Waals surface area (Å²) in [7, 11) is 0. The zero-order valence-electron chi connectivity index (χ0n) is 45.1. The molecule has 0 aromatic heterocycles. The van der Waals surface area contributed by atoms with Crippen molar-refractivity contribution < 1.29 is 71.3 Å². The molecule has 18 heteroatoms. The summed E-state index contributed by atoms with van der Waals surface area (Å²) in [5.74, 6) is -7.15. The fourth-order valence-corrected chi connectivity index (χ4v) is 12.3. The average Bonchev–Trinajstić information content (AvgIpc) is 3.47. The lowest BCUT2D eigenvalue weighted by molar-refractivity contribution is -0.346. The maximum Gasteiger partial charge on any atom is 0.344 e. The van der Waals surface area contributed by atoms with Crippen molar-refractivity contribution in [1.82, 2.24) is 5.32 Å². The molecule has 1 aliphatic heterocycles. The van der Waals surface area contributed by atoms with Crippen molar-refractivity contribution in [2.24, 2.45) is 22.5 Å². The molecule has 17 nitrogen and oxygen atoms in total. The molecule has 1 amide bonds. The molecule has 2 bridgehead atoms. The van der Waals surface area contributed by atoms with Gasteiger partial charge in [0, 0.05) is 44.1 Å². The van der Waals surface area contributed by atoms with Crippen LogP contribution in [0.1, 0.15) is 133 Å². The van der Waals surface area contributed by atoms with Crippen molar-refractivity contribution in [3.8, 4) is 0 Å². The predicted molar refractivity (Wildman–Crippen MR) is 281 cm³/mol. The van der Waals surface area contributed by atoms with Crippen LogP contribution in [-0.2, 0) is 67.8 Å². The van der Waals surface area contributed by atoms with Crippen LogP contribution in [0.4, 0.5) is 0 Å². The Kier molecular flexibility index (Phi) is 17.5. The van der Waals surface area contributed by atoms with Gasteiger partial charge >= 0.3 is 29.8 Å². The van der Waals surface area contributed by atoms with Gasteiger partial charge in [0.1, 0.15) is 36.3 Å². The average molecular weight is 1070 g/mol. The number of unbranched alkanes of at least 4 members (excludes halogenated alkanes) is 2. The number of esters is 5. The van der Waals surface area contributed by atoms with E-state index < -0.39 is 134 Å². The molecule has 1 saturated heterocycles. The molecule has 4 unspecified atom stereocenters. The summed E-state index contributed by atoms with van der Waals surface area (Å²) in [5.41, 5.74) is -1.18. The number of nitrogens with two attached hydrogens (primary N) is 1. The molecule has 0 radical (unpaired) electrons. The number of fused-ring (bicyclic) bond motifs is 5. The third kappa shape index (κ3) is 11.2. The molecule has 76 heavy (non-hydrogen) atoms. The lowest BCUT2D eigenvalue weighted by atomic mass is 9.44. The molecular weight excluding hydrogens is 997 g/mol. The van der Waals surface area contributed by atoms with Crippen molar-refractivity contribution >= 4 is 52.7 Å². The fraction of sp³-hybridized carbons (Fsp3) is 0.534. The highest BCUT2D eigenvalue weighted by Crippen LogP contribution is 2.65. The number of hydrogen-bond donors (Lipinski definition) is 3. The van der Waals surface area contributed by atoms with Crippen molar-refractivity contribution in [3.05, 3.63) is 119 Å². The second kappa shape index (κ2) is 23.0. The Labute approximate surface area is 447 Å². The first-order valence-electron chi connectivity index (χ1n) is 25.9. The first kappa shape index (κ1) is 57.8. The van der Waals surface area contributed by atoms with Gasteiger partial charge in [-0.2, -0.15) is 4.18 Å². The van der Waals surface area contributed by atoms with Gasteiger partial charge in [0.05, 0.1) is 29.5 Å². The molecule has 4 aliphatic rings. The number of rotatable bonds is 18. The lowest BCUT2D eigenvalue weighted by Gasteiger charge is -2.67. The summed E-state index contributed by atoms with van der Waals surface area (Å²) in [5, 5.41) is 17.3. The lowest BCUT2D eigenvalue weighted by Crippen LogP contribution is -2.82. The van der Waals surface area contributed by atoms with E-state index in [1.54, 1.807) is 99.6 Å². The maximum atomic E-state index is 16.4. The maximum absolute atomic E-state index is 16.4. The van der Waals surface area contributed by atoms with Crippen LogP contribution in [-0.4, -0.2) is 119 Å². The van der Waals surface area contributed by atoms with Gasteiger partial charge in [-0.25, -0.2) is 9.59 Å². The number of hydrogen-bond acceptors (Lipinski definition) is 16. The van der Waals surface area contributed by atoms with E-state index in [1.807, 2.05) is 27.0 Å². The van der Waals surface area contributed by atoms with Crippen molar-refractivity contribution in [1.29, 1.82) is 0 Å². The van der Waals surface area contributed by atoms with Crippen LogP contribution in [0.25, 0.3) is 0 Å². The molecule has 0 spiro atoms. The van der Waals surface area contributed by atoms with E-state index >= 15 is 9.59 Å². The zero-order valence-corrected chi connectivity index (χ0v) is 45.9. The first-order chi connectivity index (χ1) is 35.8. The molecule has 2 saturated carbocycles. The van der Waals surface area contributed by atoms with Crippen LogP contribution in [0.15, 0.2) is 102 Å². The Balaban J connectivity index is 1.45. The monoisotopic (exact) mass is 1070 g/mol. The normalized spacial score (nSPS) is 28.8. The highest BCUT2D eigenvalue weighted by molar-refractivity contribution is 7.93. The largest absolute Gasteiger partial charge is 0.461 e. The Morgan fingerprint density at radius 2 is 1.43 bits per heavy atom. The fourth-order valence-electron chi connectivity index (χ4n) is 11.5. The number of amides is 1. The Morgan fingerprint density at radius 1 is 0.829 bits per heavy atom. The quantitative estimate of drug-likeness (QED) is 0.0390. The first-order valence-corrected chi connectivity index (χ1v) is 27.4. The van der Waals surface area contributed by atoms with Crippen molar-refractivity contribution in [2.75, 3.05) is 19.4 Å². The van der Waals surface area contributed by atoms with Crippen LogP contribution in [0.2, 0.25) is 0 Å². The number of aliphatic hydroxyl groups is 1. The Morgan fingerprint density at radius 3 is 1.99 bits per heavy atom. The number of benzene rings is 3. The van der Waals surface area contributed by atoms with Gasteiger partial charge in [0.15, 0.2) is 33.4 Å². The highest BCUT2D eigenvalue weighted by atomic mass is 32.2. The highest BCUT2D eigenvalue weighted by Gasteiger charge is 2.79. The molecular formula is C58H73N2O15S+. The number of carbonyl (C=O) groups is 7. The van der Waals surface area contributed by atoms with Crippen LogP contribution < -0.4 is 11.1 Å². The minimum atomic E-state index is -2.43. The summed E-state index contributed by atoms with van der Waals surface area (Å²) in [6.45, 7) is 14.5. The molecule has 3 fully saturated rings. The third-order valence-corrected chi connectivity index (χ3v) is 18.1. The van der Waals surface area contributed by atoms with E-state index in [0.29, 0.717) is 36.9 Å². The van der Waals surface area contributed by atoms with Gasteiger partial charge in [0.25, 0.3) is 5.91 Å². The van der Waals surface area contributed by atoms with Crippen LogP contribution >= 0.6 is 0 Å². The zero-order chi connectivity index (χ0) is 55.5. The predicted octanol–water partition coefficient (Wildman–Crippen LogP) is 6.79. The number of nitrogens with one attached hydrogen (secondary N) is 1. The Bertz CT molecular complexity index is 2680. The third-order valence-electron chi connectivity index (χ3n) is 15.9. The van der Waals surface area contributed by atoms with Crippen molar-refractivity contribution in [3.63, 3.8) is 0 Å². The number of ketones is 1. The summed E-state index contributed by atoms with van der Waals surface area (Å²) < 4.78 is 44.4. The standard InChI is InChI=1S/C58H72N2O15S/c1-34-40(71-53(67)47(75-76(10)54(4,5)6)45(37-23-15-11-16-24-37)60-51(65)38-25-17-12-18-26-38)32-58(68)50(73-52(66)39-27-19-13-20-28-39)48-56(9,49(64)46(70-35(2)61)44(34)55(58,7)8)41(72-43(63)29-21-14-22-30-59)31-42-57(48,33-69-42)74-36(3)62/h11-13,15-20,23-28,40-42,45-48,50,68H,14,21-22,29-33,59H2,1-10H3/p+1/t40-,41?,42+,45?,46+,47+,48?,50-,56+,57-,58+,76?/m0/s1. The molecule has 4 N–H and O–H groups in total. The van der Waals surface area contributed by atoms with E-state index in [4.69, 9.17) is 38.3 Å². The van der Waals surface area contributed by atoms with Gasteiger partial charge in [-0.15, -0.1) is 0 Å². The number of ether oxygens (including phenoxy) is 6. The van der Waals surface area contributed by atoms with Crippen LogP contribution in [0, 0.1) is 16.7 Å². The van der Waals surface area contributed by atoms with E-state index in [2.05, 4.69) is 5.32 Å². The molecule has 1 heterocycles. The van der Waals surface area contributed by atoms with Crippen LogP contribution in [0.5, 0.6) is 0 Å². The molecule has 410 valence electrons. The SMILES string of the molecule is CC(=O)O[C@H]1C(=O)[C@]2(C)C(OC(=O)CCCCCN)C[C@H]3OC[C@@]3(OC(C)=O)C2[C@H](OC(=O)c2ccccc2)[C@]2(O)C[C@H](OC(=O)[C@H](O[S+](C)C(C)(C)C)C(NC(=O)c3ccccc3)c3ccccc3)C(C)=C1C2(C)C. The second-order valence-corrected chi connectivity index (χ2v) is 24.4. The smallest absolute Gasteiger partial charge is 0.344 e. The molecule has 7 rings (SSSR count). The van der Waals surface area contributed by atoms with Gasteiger partial charge in [-0.3, -0.25) is 24.0 Å². The van der Waals surface area contributed by atoms with Gasteiger partial charge in [0.2, 0.25) is 6.10 Å². The second-order valence-electron chi connectivity index (χ2n) is 22.1.